The van der Waals surface area contributed by atoms with Crippen LogP contribution in [-0.4, -0.2) is 4.57 Å². The van der Waals surface area contributed by atoms with Gasteiger partial charge in [-0.05, 0) is 29.8 Å². The molecule has 0 saturated carbocycles. The second-order valence-electron chi connectivity index (χ2n) is 4.41. The first-order chi connectivity index (χ1) is 9.40. The van der Waals surface area contributed by atoms with Crippen molar-refractivity contribution >= 4 is 5.69 Å². The molecule has 0 unspecified atom stereocenters. The molecule has 0 aliphatic rings. The van der Waals surface area contributed by atoms with Crippen molar-refractivity contribution in [3.05, 3.63) is 53.3 Å². The second kappa shape index (κ2) is 5.29. The number of hydrogen-bond acceptors (Lipinski definition) is 2. The molecule has 2 aromatic rings. The molecule has 3 nitrogen and oxygen atoms in total. The Labute approximate surface area is 114 Å². The lowest BCUT2D eigenvalue weighted by molar-refractivity contribution is -0.137. The van der Waals surface area contributed by atoms with Crippen LogP contribution < -0.4 is 5.32 Å². The normalized spacial score (nSPS) is 11.2. The van der Waals surface area contributed by atoms with Crippen LogP contribution in [-0.2, 0) is 19.8 Å². The van der Waals surface area contributed by atoms with Crippen molar-refractivity contribution < 1.29 is 13.2 Å². The van der Waals surface area contributed by atoms with Crippen LogP contribution in [0.5, 0.6) is 0 Å². The Morgan fingerprint density at radius 1 is 1.30 bits per heavy atom. The second-order valence-corrected chi connectivity index (χ2v) is 4.41. The number of nitrogens with zero attached hydrogens (tertiary/aromatic N) is 2. The number of alkyl halides is 3. The van der Waals surface area contributed by atoms with Crippen LogP contribution >= 0.6 is 0 Å². The molecule has 20 heavy (non-hydrogen) atoms. The van der Waals surface area contributed by atoms with Gasteiger partial charge < -0.3 is 9.88 Å². The Hall–Kier alpha value is -2.42. The molecule has 0 radical (unpaired) electrons. The van der Waals surface area contributed by atoms with Gasteiger partial charge in [0.1, 0.15) is 0 Å². The standard InChI is InChI=1S/C14H12F3N3/c1-20-5-4-10(9-20)8-19-12-3-2-11(7-18)13(6-12)14(15,16)17/h2-6,9,19H,8H2,1H3. The van der Waals surface area contributed by atoms with E-state index in [9.17, 15) is 13.2 Å². The summed E-state index contributed by atoms with van der Waals surface area (Å²) in [5.74, 6) is 0. The van der Waals surface area contributed by atoms with Crippen LogP contribution in [0.4, 0.5) is 18.9 Å². The summed E-state index contributed by atoms with van der Waals surface area (Å²) >= 11 is 0. The third-order valence-corrected chi connectivity index (χ3v) is 2.84. The number of benzene rings is 1. The molecule has 104 valence electrons. The SMILES string of the molecule is Cn1ccc(CNc2ccc(C#N)c(C(F)(F)F)c2)c1. The van der Waals surface area contributed by atoms with Crippen molar-refractivity contribution in [3.63, 3.8) is 0 Å². The highest BCUT2D eigenvalue weighted by Crippen LogP contribution is 2.33. The zero-order valence-electron chi connectivity index (χ0n) is 10.7. The minimum atomic E-state index is -4.53. The van der Waals surface area contributed by atoms with Crippen LogP contribution in [0, 0.1) is 11.3 Å². The van der Waals surface area contributed by atoms with E-state index in [1.807, 2.05) is 30.1 Å². The predicted octanol–water partition coefficient (Wildman–Crippen LogP) is 3.53. The van der Waals surface area contributed by atoms with Crippen LogP contribution in [0.2, 0.25) is 0 Å². The smallest absolute Gasteiger partial charge is 0.381 e. The van der Waals surface area contributed by atoms with E-state index in [0.29, 0.717) is 12.2 Å². The molecule has 0 fully saturated rings. The number of rotatable bonds is 3. The maximum Gasteiger partial charge on any atom is 0.417 e. The third-order valence-electron chi connectivity index (χ3n) is 2.84. The van der Waals surface area contributed by atoms with Gasteiger partial charge in [0.15, 0.2) is 0 Å². The van der Waals surface area contributed by atoms with Crippen molar-refractivity contribution in [1.29, 1.82) is 5.26 Å². The van der Waals surface area contributed by atoms with Gasteiger partial charge in [0.25, 0.3) is 0 Å². The largest absolute Gasteiger partial charge is 0.417 e. The summed E-state index contributed by atoms with van der Waals surface area (Å²) in [5.41, 5.74) is 0.00594. The lowest BCUT2D eigenvalue weighted by Crippen LogP contribution is -2.09. The van der Waals surface area contributed by atoms with Crippen LogP contribution in [0.1, 0.15) is 16.7 Å². The summed E-state index contributed by atoms with van der Waals surface area (Å²) in [6.45, 7) is 0.421. The summed E-state index contributed by atoms with van der Waals surface area (Å²) in [6, 6.07) is 7.04. The number of nitrogens with one attached hydrogen (secondary N) is 1. The average Bonchev–Trinajstić information content (AvgIpc) is 2.81. The number of hydrogen-bond donors (Lipinski definition) is 1. The Morgan fingerprint density at radius 2 is 2.05 bits per heavy atom. The summed E-state index contributed by atoms with van der Waals surface area (Å²) in [4.78, 5) is 0. The van der Waals surface area contributed by atoms with Crippen molar-refractivity contribution in [2.24, 2.45) is 7.05 Å². The van der Waals surface area contributed by atoms with E-state index in [1.165, 1.54) is 12.1 Å². The molecule has 1 heterocycles. The molecule has 1 N–H and O–H groups in total. The topological polar surface area (TPSA) is 40.8 Å². The van der Waals surface area contributed by atoms with E-state index in [1.54, 1.807) is 6.07 Å². The Kier molecular flexibility index (Phi) is 3.70. The summed E-state index contributed by atoms with van der Waals surface area (Å²) in [7, 11) is 1.87. The van der Waals surface area contributed by atoms with E-state index in [0.717, 1.165) is 11.6 Å². The molecular weight excluding hydrogens is 267 g/mol. The lowest BCUT2D eigenvalue weighted by atomic mass is 10.1. The van der Waals surface area contributed by atoms with Crippen LogP contribution in [0.15, 0.2) is 36.7 Å². The van der Waals surface area contributed by atoms with Gasteiger partial charge >= 0.3 is 6.18 Å². The molecule has 0 atom stereocenters. The maximum absolute atomic E-state index is 12.8. The fourth-order valence-corrected chi connectivity index (χ4v) is 1.86. The van der Waals surface area contributed by atoms with Crippen LogP contribution in [0.25, 0.3) is 0 Å². The minimum absolute atomic E-state index is 0.333. The van der Waals surface area contributed by atoms with E-state index < -0.39 is 11.7 Å². The zero-order chi connectivity index (χ0) is 14.8. The Bertz CT molecular complexity index is 650. The zero-order valence-corrected chi connectivity index (χ0v) is 10.7. The first kappa shape index (κ1) is 14.0. The van der Waals surface area contributed by atoms with Gasteiger partial charge in [0.2, 0.25) is 0 Å². The number of nitriles is 1. The monoisotopic (exact) mass is 279 g/mol. The molecule has 1 aromatic heterocycles. The average molecular weight is 279 g/mol. The van der Waals surface area contributed by atoms with Gasteiger partial charge in [-0.1, -0.05) is 0 Å². The number of aromatic nitrogens is 1. The van der Waals surface area contributed by atoms with E-state index in [4.69, 9.17) is 5.26 Å². The number of halogens is 3. The molecule has 2 rings (SSSR count). The van der Waals surface area contributed by atoms with Crippen molar-refractivity contribution in [2.75, 3.05) is 5.32 Å². The van der Waals surface area contributed by atoms with E-state index in [2.05, 4.69) is 5.32 Å². The van der Waals surface area contributed by atoms with Crippen LogP contribution in [0.3, 0.4) is 0 Å². The quantitative estimate of drug-likeness (QED) is 0.933. The summed E-state index contributed by atoms with van der Waals surface area (Å²) in [6.07, 6.45) is -0.798. The summed E-state index contributed by atoms with van der Waals surface area (Å²) in [5, 5.41) is 11.6. The maximum atomic E-state index is 12.8. The van der Waals surface area contributed by atoms with Crippen molar-refractivity contribution in [3.8, 4) is 6.07 Å². The Balaban J connectivity index is 2.19. The first-order valence-electron chi connectivity index (χ1n) is 5.86. The summed E-state index contributed by atoms with van der Waals surface area (Å²) < 4.78 is 40.3. The molecule has 0 aliphatic carbocycles. The fourth-order valence-electron chi connectivity index (χ4n) is 1.86. The van der Waals surface area contributed by atoms with Gasteiger partial charge in [-0.3, -0.25) is 0 Å². The van der Waals surface area contributed by atoms with Gasteiger partial charge in [-0.2, -0.15) is 18.4 Å². The van der Waals surface area contributed by atoms with Gasteiger partial charge in [0, 0.05) is 31.7 Å². The minimum Gasteiger partial charge on any atom is -0.381 e. The molecule has 0 bridgehead atoms. The highest BCUT2D eigenvalue weighted by atomic mass is 19.4. The fraction of sp³-hybridized carbons (Fsp3) is 0.214. The molecule has 1 aromatic carbocycles. The molecular formula is C14H12F3N3. The Morgan fingerprint density at radius 3 is 2.60 bits per heavy atom. The highest BCUT2D eigenvalue weighted by molar-refractivity contribution is 5.53. The predicted molar refractivity (Wildman–Crippen MR) is 68.9 cm³/mol. The highest BCUT2D eigenvalue weighted by Gasteiger charge is 2.33. The lowest BCUT2D eigenvalue weighted by Gasteiger charge is -2.12. The first-order valence-corrected chi connectivity index (χ1v) is 5.86. The van der Waals surface area contributed by atoms with E-state index in [-0.39, 0.29) is 5.56 Å². The van der Waals surface area contributed by atoms with E-state index >= 15 is 0 Å². The molecule has 0 aliphatic heterocycles. The molecule has 0 amide bonds. The molecule has 0 saturated heterocycles. The van der Waals surface area contributed by atoms with Gasteiger partial charge in [-0.25, -0.2) is 0 Å². The third kappa shape index (κ3) is 3.12. The van der Waals surface area contributed by atoms with Crippen molar-refractivity contribution in [1.82, 2.24) is 4.57 Å². The van der Waals surface area contributed by atoms with Gasteiger partial charge in [-0.15, -0.1) is 0 Å². The van der Waals surface area contributed by atoms with Gasteiger partial charge in [0.05, 0.1) is 17.2 Å². The molecule has 0 spiro atoms. The van der Waals surface area contributed by atoms with Crippen molar-refractivity contribution in [2.45, 2.75) is 12.7 Å². The molecule has 6 heteroatoms. The number of anilines is 1. The number of aryl methyl sites for hydroxylation is 1.